The van der Waals surface area contributed by atoms with Crippen LogP contribution in [0.15, 0.2) is 71.7 Å². The summed E-state index contributed by atoms with van der Waals surface area (Å²) in [5, 5.41) is 2.10. The Hall–Kier alpha value is -4.33. The number of pyridine rings is 2. The van der Waals surface area contributed by atoms with Gasteiger partial charge in [0, 0.05) is 35.9 Å². The summed E-state index contributed by atoms with van der Waals surface area (Å²) in [6, 6.07) is 15.1. The molecule has 8 heteroatoms. The highest BCUT2D eigenvalue weighted by atomic mass is 16.4. The molecule has 168 valence electrons. The molecule has 0 radical (unpaired) electrons. The number of amides is 1. The van der Waals surface area contributed by atoms with Gasteiger partial charge in [-0.2, -0.15) is 0 Å². The lowest BCUT2D eigenvalue weighted by atomic mass is 9.92. The number of aromatic nitrogens is 5. The summed E-state index contributed by atoms with van der Waals surface area (Å²) in [7, 11) is 0. The van der Waals surface area contributed by atoms with E-state index in [4.69, 9.17) is 9.40 Å². The zero-order valence-electron chi connectivity index (χ0n) is 18.8. The van der Waals surface area contributed by atoms with Crippen molar-refractivity contribution >= 4 is 16.7 Å². The van der Waals surface area contributed by atoms with Gasteiger partial charge in [0.1, 0.15) is 11.7 Å². The average Bonchev–Trinajstić information content (AvgIpc) is 3.51. The molecule has 2 atom stereocenters. The van der Waals surface area contributed by atoms with E-state index in [0.717, 1.165) is 27.9 Å². The number of nitrogens with zero attached hydrogens (tertiary/aromatic N) is 5. The standard InChI is InChI=1S/C26H22N6O2/c1-15-13-32(26(33)24-16(2)31-25(34-24)19-9-5-6-10-27-19)23(22-21(15)29-14-30-22)20-11-17-7-3-4-8-18(17)12-28-20/h3-12,14-15,23H,13H2,1-2H3,(H,29,30)/t15-,23-/m1/s1. The predicted octanol–water partition coefficient (Wildman–Crippen LogP) is 4.67. The maximum absolute atomic E-state index is 13.9. The highest BCUT2D eigenvalue weighted by Gasteiger charge is 2.40. The second kappa shape index (κ2) is 7.91. The number of benzene rings is 1. The fourth-order valence-electron chi connectivity index (χ4n) is 4.64. The number of fused-ring (bicyclic) bond motifs is 2. The molecule has 34 heavy (non-hydrogen) atoms. The second-order valence-corrected chi connectivity index (χ2v) is 8.57. The Morgan fingerprint density at radius 1 is 1.09 bits per heavy atom. The first-order valence-electron chi connectivity index (χ1n) is 11.2. The van der Waals surface area contributed by atoms with Crippen LogP contribution < -0.4 is 0 Å². The number of H-pyrrole nitrogens is 1. The van der Waals surface area contributed by atoms with Crippen LogP contribution in [0.5, 0.6) is 0 Å². The van der Waals surface area contributed by atoms with Gasteiger partial charge in [0.15, 0.2) is 0 Å². The molecule has 4 aromatic heterocycles. The first-order chi connectivity index (χ1) is 16.6. The van der Waals surface area contributed by atoms with E-state index in [-0.39, 0.29) is 17.6 Å². The summed E-state index contributed by atoms with van der Waals surface area (Å²) in [4.78, 5) is 37.1. The van der Waals surface area contributed by atoms with Crippen molar-refractivity contribution < 1.29 is 9.21 Å². The van der Waals surface area contributed by atoms with E-state index in [1.54, 1.807) is 30.4 Å². The van der Waals surface area contributed by atoms with Gasteiger partial charge in [-0.15, -0.1) is 0 Å². The van der Waals surface area contributed by atoms with E-state index in [9.17, 15) is 4.79 Å². The minimum absolute atomic E-state index is 0.0802. The maximum Gasteiger partial charge on any atom is 0.292 e. The third-order valence-corrected chi connectivity index (χ3v) is 6.30. The molecule has 1 aromatic carbocycles. The van der Waals surface area contributed by atoms with E-state index < -0.39 is 6.04 Å². The van der Waals surface area contributed by atoms with Crippen molar-refractivity contribution in [2.24, 2.45) is 0 Å². The summed E-state index contributed by atoms with van der Waals surface area (Å²) in [6.07, 6.45) is 5.20. The lowest BCUT2D eigenvalue weighted by Gasteiger charge is -2.37. The van der Waals surface area contributed by atoms with Gasteiger partial charge in [-0.25, -0.2) is 9.97 Å². The lowest BCUT2D eigenvalue weighted by Crippen LogP contribution is -2.42. The molecule has 0 fully saturated rings. The Labute approximate surface area is 195 Å². The van der Waals surface area contributed by atoms with Crippen LogP contribution >= 0.6 is 0 Å². The van der Waals surface area contributed by atoms with Crippen LogP contribution in [0.4, 0.5) is 0 Å². The van der Waals surface area contributed by atoms with Gasteiger partial charge in [0.2, 0.25) is 11.7 Å². The fourth-order valence-corrected chi connectivity index (χ4v) is 4.64. The molecule has 0 aliphatic carbocycles. The molecular formula is C26H22N6O2. The molecule has 0 spiro atoms. The van der Waals surface area contributed by atoms with Crippen LogP contribution in [0.2, 0.25) is 0 Å². The van der Waals surface area contributed by atoms with Crippen LogP contribution in [0.25, 0.3) is 22.4 Å². The van der Waals surface area contributed by atoms with Crippen molar-refractivity contribution in [1.82, 2.24) is 29.8 Å². The van der Waals surface area contributed by atoms with Crippen molar-refractivity contribution in [1.29, 1.82) is 0 Å². The number of imidazole rings is 1. The lowest BCUT2D eigenvalue weighted by molar-refractivity contribution is 0.0637. The topological polar surface area (TPSA) is 101 Å². The number of nitrogens with one attached hydrogen (secondary N) is 1. The summed E-state index contributed by atoms with van der Waals surface area (Å²) < 4.78 is 5.96. The molecule has 6 rings (SSSR count). The number of hydrogen-bond donors (Lipinski definition) is 1. The summed E-state index contributed by atoms with van der Waals surface area (Å²) in [5.41, 5.74) is 3.69. The number of hydrogen-bond acceptors (Lipinski definition) is 6. The number of aryl methyl sites for hydroxylation is 1. The number of carbonyl (C=O) groups is 1. The van der Waals surface area contributed by atoms with Crippen molar-refractivity contribution in [2.75, 3.05) is 6.54 Å². The fraction of sp³-hybridized carbons (Fsp3) is 0.192. The van der Waals surface area contributed by atoms with Crippen LogP contribution in [0, 0.1) is 6.92 Å². The molecular weight excluding hydrogens is 428 g/mol. The van der Waals surface area contributed by atoms with Crippen molar-refractivity contribution in [3.8, 4) is 11.6 Å². The first kappa shape index (κ1) is 20.3. The highest BCUT2D eigenvalue weighted by Crippen LogP contribution is 2.39. The zero-order chi connectivity index (χ0) is 23.2. The van der Waals surface area contributed by atoms with Gasteiger partial charge in [0.05, 0.1) is 23.4 Å². The molecule has 1 aliphatic rings. The smallest absolute Gasteiger partial charge is 0.292 e. The zero-order valence-corrected chi connectivity index (χ0v) is 18.8. The van der Waals surface area contributed by atoms with E-state index >= 15 is 0 Å². The molecule has 5 heterocycles. The molecule has 1 aliphatic heterocycles. The molecule has 1 N–H and O–H groups in total. The molecule has 5 aromatic rings. The van der Waals surface area contributed by atoms with Gasteiger partial charge in [-0.05, 0) is 30.5 Å². The molecule has 0 saturated heterocycles. The Morgan fingerprint density at radius 2 is 1.91 bits per heavy atom. The van der Waals surface area contributed by atoms with E-state index in [1.807, 2.05) is 48.7 Å². The largest absolute Gasteiger partial charge is 0.429 e. The van der Waals surface area contributed by atoms with Crippen LogP contribution in [0.3, 0.4) is 0 Å². The Morgan fingerprint density at radius 3 is 2.74 bits per heavy atom. The Bertz CT molecular complexity index is 1510. The average molecular weight is 451 g/mol. The third-order valence-electron chi connectivity index (χ3n) is 6.30. The maximum atomic E-state index is 13.9. The van der Waals surface area contributed by atoms with Crippen molar-refractivity contribution in [3.05, 3.63) is 95.8 Å². The van der Waals surface area contributed by atoms with Gasteiger partial charge in [-0.1, -0.05) is 37.3 Å². The summed E-state index contributed by atoms with van der Waals surface area (Å²) in [6.45, 7) is 4.35. The molecule has 0 bridgehead atoms. The number of aromatic amines is 1. The third kappa shape index (κ3) is 3.26. The molecule has 0 unspecified atom stereocenters. The van der Waals surface area contributed by atoms with Crippen LogP contribution in [0.1, 0.15) is 52.2 Å². The quantitative estimate of drug-likeness (QED) is 0.429. The van der Waals surface area contributed by atoms with Crippen molar-refractivity contribution in [2.45, 2.75) is 25.8 Å². The van der Waals surface area contributed by atoms with Crippen LogP contribution in [-0.4, -0.2) is 42.3 Å². The minimum atomic E-state index is -0.447. The highest BCUT2D eigenvalue weighted by molar-refractivity contribution is 5.94. The predicted molar refractivity (Wildman–Crippen MR) is 126 cm³/mol. The minimum Gasteiger partial charge on any atom is -0.429 e. The first-order valence-corrected chi connectivity index (χ1v) is 11.2. The molecule has 1 amide bonds. The van der Waals surface area contributed by atoms with E-state index in [0.29, 0.717) is 23.8 Å². The number of oxazole rings is 1. The second-order valence-electron chi connectivity index (χ2n) is 8.57. The van der Waals surface area contributed by atoms with Gasteiger partial charge < -0.3 is 14.3 Å². The van der Waals surface area contributed by atoms with Crippen LogP contribution in [-0.2, 0) is 0 Å². The molecule has 0 saturated carbocycles. The van der Waals surface area contributed by atoms with Gasteiger partial charge in [-0.3, -0.25) is 14.8 Å². The summed E-state index contributed by atoms with van der Waals surface area (Å²) in [5.74, 6) is 0.370. The number of rotatable bonds is 3. The monoisotopic (exact) mass is 450 g/mol. The summed E-state index contributed by atoms with van der Waals surface area (Å²) >= 11 is 0. The Balaban J connectivity index is 1.45. The SMILES string of the molecule is Cc1nc(-c2ccccn2)oc1C(=O)N1C[C@@H](C)c2[nH]cnc2[C@H]1c1cc2ccccc2cn1. The normalized spacial score (nSPS) is 17.6. The Kier molecular flexibility index (Phi) is 4.72. The van der Waals surface area contributed by atoms with E-state index in [2.05, 4.69) is 26.9 Å². The van der Waals surface area contributed by atoms with Gasteiger partial charge in [0.25, 0.3) is 5.91 Å². The number of carbonyl (C=O) groups excluding carboxylic acids is 1. The molecule has 8 nitrogen and oxygen atoms in total. The van der Waals surface area contributed by atoms with Gasteiger partial charge >= 0.3 is 0 Å². The van der Waals surface area contributed by atoms with Crippen molar-refractivity contribution in [3.63, 3.8) is 0 Å². The van der Waals surface area contributed by atoms with E-state index in [1.165, 1.54) is 0 Å².